The van der Waals surface area contributed by atoms with Crippen LogP contribution in [0, 0.1) is 0 Å². The van der Waals surface area contributed by atoms with E-state index in [-0.39, 0.29) is 24.0 Å². The summed E-state index contributed by atoms with van der Waals surface area (Å²) in [6.07, 6.45) is 5.12. The summed E-state index contributed by atoms with van der Waals surface area (Å²) in [6.45, 7) is 12.1. The van der Waals surface area contributed by atoms with Gasteiger partial charge in [0, 0.05) is 46.4 Å². The van der Waals surface area contributed by atoms with Crippen LogP contribution in [0.15, 0.2) is 4.99 Å². The normalized spacial score (nSPS) is 21.7. The number of nitrogens with one attached hydrogen (secondary N) is 1. The van der Waals surface area contributed by atoms with Crippen LogP contribution in [0.5, 0.6) is 0 Å². The number of hydrogen-bond acceptors (Lipinski definition) is 4. The Balaban J connectivity index is 0.00000312. The zero-order valence-electron chi connectivity index (χ0n) is 16.4. The van der Waals surface area contributed by atoms with Gasteiger partial charge in [-0.05, 0) is 59.3 Å². The highest BCUT2D eigenvalue weighted by molar-refractivity contribution is 14.0. The van der Waals surface area contributed by atoms with Crippen molar-refractivity contribution in [1.29, 1.82) is 0 Å². The fraction of sp³-hybridized carbons (Fsp3) is 0.944. The molecule has 0 unspecified atom stereocenters. The summed E-state index contributed by atoms with van der Waals surface area (Å²) < 4.78 is 5.73. The third kappa shape index (κ3) is 8.41. The maximum atomic E-state index is 5.73. The number of aliphatic imine (C=N–C) groups is 1. The second kappa shape index (κ2) is 13.1. The van der Waals surface area contributed by atoms with Gasteiger partial charge in [0.05, 0.1) is 6.10 Å². The third-order valence-corrected chi connectivity index (χ3v) is 5.10. The highest BCUT2D eigenvalue weighted by Gasteiger charge is 2.21. The highest BCUT2D eigenvalue weighted by Crippen LogP contribution is 2.13. The van der Waals surface area contributed by atoms with Gasteiger partial charge in [-0.1, -0.05) is 0 Å². The van der Waals surface area contributed by atoms with Gasteiger partial charge in [-0.3, -0.25) is 4.99 Å². The molecule has 0 saturated carbocycles. The van der Waals surface area contributed by atoms with Crippen LogP contribution in [-0.4, -0.2) is 99.8 Å². The van der Waals surface area contributed by atoms with Crippen LogP contribution >= 0.6 is 24.0 Å². The molecular formula is C18H38IN5O. The predicted molar refractivity (Wildman–Crippen MR) is 116 cm³/mol. The first-order valence-corrected chi connectivity index (χ1v) is 9.71. The van der Waals surface area contributed by atoms with Crippen molar-refractivity contribution in [3.8, 4) is 0 Å². The lowest BCUT2D eigenvalue weighted by atomic mass is 10.1. The Morgan fingerprint density at radius 2 is 1.88 bits per heavy atom. The van der Waals surface area contributed by atoms with E-state index < -0.39 is 0 Å². The Morgan fingerprint density at radius 3 is 2.56 bits per heavy atom. The molecule has 2 fully saturated rings. The number of nitrogens with zero attached hydrogens (tertiary/aromatic N) is 4. The molecule has 148 valence electrons. The Hall–Kier alpha value is -0.120. The summed E-state index contributed by atoms with van der Waals surface area (Å²) in [5.41, 5.74) is 0. The number of ether oxygens (including phenoxy) is 1. The van der Waals surface area contributed by atoms with E-state index in [0.717, 1.165) is 45.0 Å². The first kappa shape index (κ1) is 22.9. The van der Waals surface area contributed by atoms with Crippen molar-refractivity contribution < 1.29 is 4.74 Å². The van der Waals surface area contributed by atoms with E-state index in [9.17, 15) is 0 Å². The Labute approximate surface area is 171 Å². The van der Waals surface area contributed by atoms with Gasteiger partial charge in [-0.15, -0.1) is 24.0 Å². The largest absolute Gasteiger partial charge is 0.378 e. The molecular weight excluding hydrogens is 429 g/mol. The molecule has 0 aromatic rings. The number of likely N-dealkylation sites (tertiary alicyclic amines) is 1. The second-order valence-corrected chi connectivity index (χ2v) is 6.97. The Kier molecular flexibility index (Phi) is 12.0. The third-order valence-electron chi connectivity index (χ3n) is 5.10. The van der Waals surface area contributed by atoms with Gasteiger partial charge in [0.25, 0.3) is 0 Å². The Morgan fingerprint density at radius 1 is 1.12 bits per heavy atom. The van der Waals surface area contributed by atoms with Crippen molar-refractivity contribution >= 4 is 29.9 Å². The molecule has 2 aliphatic heterocycles. The maximum absolute atomic E-state index is 5.73. The van der Waals surface area contributed by atoms with Crippen molar-refractivity contribution in [3.63, 3.8) is 0 Å². The monoisotopic (exact) mass is 467 g/mol. The lowest BCUT2D eigenvalue weighted by Gasteiger charge is -2.34. The number of guanidine groups is 1. The molecule has 2 aliphatic rings. The van der Waals surface area contributed by atoms with Crippen LogP contribution in [0.2, 0.25) is 0 Å². The molecule has 0 spiro atoms. The Bertz CT molecular complexity index is 374. The van der Waals surface area contributed by atoms with E-state index in [4.69, 9.17) is 4.74 Å². The van der Waals surface area contributed by atoms with Crippen molar-refractivity contribution in [3.05, 3.63) is 0 Å². The van der Waals surface area contributed by atoms with Crippen LogP contribution in [0.4, 0.5) is 0 Å². The molecule has 0 amide bonds. The molecule has 7 heteroatoms. The highest BCUT2D eigenvalue weighted by atomic mass is 127. The lowest BCUT2D eigenvalue weighted by molar-refractivity contribution is 0.0264. The number of halogens is 1. The molecule has 6 nitrogen and oxygen atoms in total. The van der Waals surface area contributed by atoms with Gasteiger partial charge in [0.1, 0.15) is 0 Å². The summed E-state index contributed by atoms with van der Waals surface area (Å²) in [5.74, 6) is 1.06. The standard InChI is InChI=1S/C18H37N5O.HI/c1-4-24-17-7-13-23(14-8-17)18(19-2)20-9-5-11-22-12-6-10-21(3)15-16-22;/h17H,4-16H2,1-3H3,(H,19,20);1H. The summed E-state index contributed by atoms with van der Waals surface area (Å²) in [4.78, 5) is 11.9. The van der Waals surface area contributed by atoms with Gasteiger partial charge in [-0.2, -0.15) is 0 Å². The topological polar surface area (TPSA) is 43.3 Å². The number of likely N-dealkylation sites (N-methyl/N-ethyl adjacent to an activating group) is 1. The fourth-order valence-electron chi connectivity index (χ4n) is 3.63. The van der Waals surface area contributed by atoms with Gasteiger partial charge in [0.15, 0.2) is 5.96 Å². The van der Waals surface area contributed by atoms with E-state index in [1.54, 1.807) is 0 Å². The van der Waals surface area contributed by atoms with Crippen LogP contribution in [0.1, 0.15) is 32.6 Å². The molecule has 0 aromatic heterocycles. The predicted octanol–water partition coefficient (Wildman–Crippen LogP) is 1.71. The van der Waals surface area contributed by atoms with Gasteiger partial charge in [-0.25, -0.2) is 0 Å². The van der Waals surface area contributed by atoms with Gasteiger partial charge >= 0.3 is 0 Å². The summed E-state index contributed by atoms with van der Waals surface area (Å²) >= 11 is 0. The SMILES string of the molecule is CCOC1CCN(C(=NC)NCCCN2CCCN(C)CC2)CC1.I. The molecule has 0 aliphatic carbocycles. The molecule has 2 rings (SSSR count). The van der Waals surface area contributed by atoms with Gasteiger partial charge in [0.2, 0.25) is 0 Å². The fourth-order valence-corrected chi connectivity index (χ4v) is 3.63. The zero-order chi connectivity index (χ0) is 17.2. The van der Waals surface area contributed by atoms with Crippen molar-refractivity contribution in [2.45, 2.75) is 38.7 Å². The van der Waals surface area contributed by atoms with Gasteiger partial charge < -0.3 is 24.8 Å². The molecule has 2 heterocycles. The minimum atomic E-state index is 0. The second-order valence-electron chi connectivity index (χ2n) is 6.97. The molecule has 0 atom stereocenters. The minimum Gasteiger partial charge on any atom is -0.378 e. The molecule has 1 N–H and O–H groups in total. The molecule has 25 heavy (non-hydrogen) atoms. The number of piperidine rings is 1. The number of rotatable bonds is 6. The maximum Gasteiger partial charge on any atom is 0.193 e. The van der Waals surface area contributed by atoms with Crippen LogP contribution < -0.4 is 5.32 Å². The van der Waals surface area contributed by atoms with Crippen LogP contribution in [0.3, 0.4) is 0 Å². The smallest absolute Gasteiger partial charge is 0.193 e. The van der Waals surface area contributed by atoms with E-state index in [1.165, 1.54) is 45.6 Å². The van der Waals surface area contributed by atoms with Crippen molar-refractivity contribution in [2.75, 3.05) is 73.1 Å². The summed E-state index contributed by atoms with van der Waals surface area (Å²) in [7, 11) is 4.12. The van der Waals surface area contributed by atoms with Crippen molar-refractivity contribution in [1.82, 2.24) is 20.0 Å². The minimum absolute atomic E-state index is 0. The van der Waals surface area contributed by atoms with E-state index >= 15 is 0 Å². The van der Waals surface area contributed by atoms with Crippen LogP contribution in [0.25, 0.3) is 0 Å². The van der Waals surface area contributed by atoms with E-state index in [0.29, 0.717) is 6.10 Å². The number of hydrogen-bond donors (Lipinski definition) is 1. The van der Waals surface area contributed by atoms with E-state index in [2.05, 4.69) is 39.0 Å². The molecule has 0 aromatic carbocycles. The first-order valence-electron chi connectivity index (χ1n) is 9.71. The quantitative estimate of drug-likeness (QED) is 0.279. The average Bonchev–Trinajstić information content (AvgIpc) is 2.81. The molecule has 2 saturated heterocycles. The zero-order valence-corrected chi connectivity index (χ0v) is 18.7. The van der Waals surface area contributed by atoms with Crippen LogP contribution in [-0.2, 0) is 4.74 Å². The molecule has 0 radical (unpaired) electrons. The van der Waals surface area contributed by atoms with Crippen molar-refractivity contribution in [2.24, 2.45) is 4.99 Å². The van der Waals surface area contributed by atoms with E-state index in [1.807, 2.05) is 7.05 Å². The first-order chi connectivity index (χ1) is 11.7. The summed E-state index contributed by atoms with van der Waals surface area (Å²) in [5, 5.41) is 3.55. The lowest BCUT2D eigenvalue weighted by Crippen LogP contribution is -2.47. The molecule has 0 bridgehead atoms. The summed E-state index contributed by atoms with van der Waals surface area (Å²) in [6, 6.07) is 0. The average molecular weight is 467 g/mol.